The summed E-state index contributed by atoms with van der Waals surface area (Å²) in [5.41, 5.74) is 5.87. The van der Waals surface area contributed by atoms with E-state index in [4.69, 9.17) is 5.73 Å². The number of hydrogen-bond donors (Lipinski definition) is 3. The van der Waals surface area contributed by atoms with Crippen molar-refractivity contribution in [1.29, 1.82) is 0 Å². The van der Waals surface area contributed by atoms with Crippen LogP contribution in [0.25, 0.3) is 0 Å². The van der Waals surface area contributed by atoms with Crippen molar-refractivity contribution in [2.45, 2.75) is 95.7 Å². The molecule has 7 atom stereocenters. The molecular formula is C25H44FN3O3. The summed E-state index contributed by atoms with van der Waals surface area (Å²) in [4.78, 5) is 15.4. The molecule has 1 amide bonds. The van der Waals surface area contributed by atoms with Gasteiger partial charge in [-0.3, -0.25) is 15.2 Å². The maximum Gasteiger partial charge on any atom is 0.225 e. The van der Waals surface area contributed by atoms with Crippen LogP contribution in [0, 0.1) is 35.5 Å². The van der Waals surface area contributed by atoms with Crippen LogP contribution in [0.2, 0.25) is 0 Å². The average Bonchev–Trinajstić information content (AvgIpc) is 2.84. The zero-order valence-electron chi connectivity index (χ0n) is 19.6. The van der Waals surface area contributed by atoms with Gasteiger partial charge in [-0.15, -0.1) is 0 Å². The molecule has 184 valence electrons. The van der Waals surface area contributed by atoms with Crippen molar-refractivity contribution in [2.24, 2.45) is 41.2 Å². The van der Waals surface area contributed by atoms with Crippen LogP contribution in [0.4, 0.5) is 4.39 Å². The molecule has 7 unspecified atom stereocenters. The minimum Gasteiger partial charge on any atom is -0.342 e. The van der Waals surface area contributed by atoms with E-state index in [0.717, 1.165) is 90.1 Å². The highest BCUT2D eigenvalue weighted by Gasteiger charge is 2.40. The van der Waals surface area contributed by atoms with Crippen molar-refractivity contribution in [1.82, 2.24) is 10.1 Å². The normalized spacial score (nSPS) is 39.9. The van der Waals surface area contributed by atoms with Gasteiger partial charge < -0.3 is 10.6 Å². The van der Waals surface area contributed by atoms with Gasteiger partial charge in [-0.05, 0) is 93.9 Å². The molecule has 0 aromatic carbocycles. The lowest BCUT2D eigenvalue weighted by molar-refractivity contribution is -0.337. The van der Waals surface area contributed by atoms with Gasteiger partial charge in [0.05, 0.1) is 6.04 Å². The molecule has 0 aromatic rings. The Bertz CT molecular complexity index is 613. The van der Waals surface area contributed by atoms with E-state index >= 15 is 0 Å². The summed E-state index contributed by atoms with van der Waals surface area (Å²) >= 11 is 0. The second-order valence-corrected chi connectivity index (χ2v) is 11.3. The average molecular weight is 454 g/mol. The number of carbonyl (C=O) groups excluding carboxylic acids is 1. The van der Waals surface area contributed by atoms with Gasteiger partial charge in [0.1, 0.15) is 6.17 Å². The molecule has 3 aliphatic carbocycles. The molecule has 0 spiro atoms. The Morgan fingerprint density at radius 1 is 0.875 bits per heavy atom. The summed E-state index contributed by atoms with van der Waals surface area (Å²) in [7, 11) is 0. The first-order chi connectivity index (χ1) is 15.5. The Balaban J connectivity index is 1.27. The molecule has 0 radical (unpaired) electrons. The van der Waals surface area contributed by atoms with Gasteiger partial charge in [0.2, 0.25) is 5.91 Å². The molecule has 32 heavy (non-hydrogen) atoms. The van der Waals surface area contributed by atoms with Crippen molar-refractivity contribution in [3.63, 3.8) is 0 Å². The number of likely N-dealkylation sites (tertiary alicyclic amines) is 1. The van der Waals surface area contributed by atoms with Crippen LogP contribution in [0.15, 0.2) is 0 Å². The topological polar surface area (TPSA) is 90.0 Å². The molecule has 1 saturated heterocycles. The summed E-state index contributed by atoms with van der Waals surface area (Å²) in [6.07, 6.45) is 11.6. The molecule has 4 aliphatic rings. The lowest BCUT2D eigenvalue weighted by atomic mass is 9.69. The van der Waals surface area contributed by atoms with Gasteiger partial charge in [-0.25, -0.2) is 4.39 Å². The third kappa shape index (κ3) is 5.65. The van der Waals surface area contributed by atoms with E-state index in [1.54, 1.807) is 0 Å². The number of nitrogens with two attached hydrogens (primary N) is 1. The van der Waals surface area contributed by atoms with Gasteiger partial charge in [-0.1, -0.05) is 30.9 Å². The molecule has 4 N–H and O–H groups in total. The fourth-order valence-corrected chi connectivity index (χ4v) is 7.49. The summed E-state index contributed by atoms with van der Waals surface area (Å²) in [5, 5.41) is 19.3. The van der Waals surface area contributed by atoms with Gasteiger partial charge in [-0.2, -0.15) is 0 Å². The number of nitrogens with zero attached hydrogens (tertiary/aromatic N) is 2. The lowest BCUT2D eigenvalue weighted by Crippen LogP contribution is -2.46. The van der Waals surface area contributed by atoms with Gasteiger partial charge in [0.15, 0.2) is 0 Å². The first-order valence-electron chi connectivity index (χ1n) is 13.3. The predicted octanol–water partition coefficient (Wildman–Crippen LogP) is 4.38. The molecule has 7 heteroatoms. The highest BCUT2D eigenvalue weighted by atomic mass is 19.1. The molecule has 1 aliphatic heterocycles. The maximum absolute atomic E-state index is 14.6. The van der Waals surface area contributed by atoms with E-state index in [9.17, 15) is 19.6 Å². The van der Waals surface area contributed by atoms with Crippen LogP contribution < -0.4 is 5.73 Å². The smallest absolute Gasteiger partial charge is 0.225 e. The van der Waals surface area contributed by atoms with Gasteiger partial charge in [0.25, 0.3) is 0 Å². The molecule has 6 nitrogen and oxygen atoms in total. The number of alkyl halides is 1. The number of carbonyl (C=O) groups is 1. The molecule has 3 saturated carbocycles. The number of hydrogen-bond acceptors (Lipinski definition) is 5. The van der Waals surface area contributed by atoms with E-state index < -0.39 is 6.17 Å². The van der Waals surface area contributed by atoms with E-state index in [1.165, 1.54) is 0 Å². The second kappa shape index (κ2) is 11.1. The van der Waals surface area contributed by atoms with Crippen molar-refractivity contribution in [3.8, 4) is 0 Å². The van der Waals surface area contributed by atoms with Crippen LogP contribution in [0.1, 0.15) is 83.5 Å². The Morgan fingerprint density at radius 3 is 2.25 bits per heavy atom. The number of piperidine rings is 1. The summed E-state index contributed by atoms with van der Waals surface area (Å²) in [5.74, 6) is 2.41. The zero-order valence-corrected chi connectivity index (χ0v) is 19.6. The molecule has 0 aromatic heterocycles. The first-order valence-corrected chi connectivity index (χ1v) is 13.3. The summed E-state index contributed by atoms with van der Waals surface area (Å²) in [6, 6.07) is -0.165. The summed E-state index contributed by atoms with van der Waals surface area (Å²) in [6.45, 7) is 2.22. The predicted molar refractivity (Wildman–Crippen MR) is 121 cm³/mol. The number of halogens is 1. The van der Waals surface area contributed by atoms with Gasteiger partial charge >= 0.3 is 0 Å². The van der Waals surface area contributed by atoms with E-state index in [1.807, 2.05) is 0 Å². The lowest BCUT2D eigenvalue weighted by Gasteiger charge is -2.43. The summed E-state index contributed by atoms with van der Waals surface area (Å²) < 4.78 is 14.6. The minimum atomic E-state index is -0.697. The Labute approximate surface area is 192 Å². The molecule has 0 bridgehead atoms. The van der Waals surface area contributed by atoms with Crippen molar-refractivity contribution in [2.75, 3.05) is 19.6 Å². The fourth-order valence-electron chi connectivity index (χ4n) is 7.49. The van der Waals surface area contributed by atoms with Crippen LogP contribution in [0.5, 0.6) is 0 Å². The monoisotopic (exact) mass is 453 g/mol. The SMILES string of the molecule is NCC1CCC(F)C(C2CCN(C(=O)C3CCCC(C4CCCC(N(O)O)C4)C3)CC2)C1. The van der Waals surface area contributed by atoms with E-state index in [0.29, 0.717) is 47.8 Å². The number of rotatable bonds is 5. The fraction of sp³-hybridized carbons (Fsp3) is 0.960. The van der Waals surface area contributed by atoms with Crippen LogP contribution in [0.3, 0.4) is 0 Å². The van der Waals surface area contributed by atoms with Crippen LogP contribution >= 0.6 is 0 Å². The molecule has 1 heterocycles. The molecule has 4 fully saturated rings. The highest BCUT2D eigenvalue weighted by molar-refractivity contribution is 5.79. The molecular weight excluding hydrogens is 409 g/mol. The van der Waals surface area contributed by atoms with Crippen molar-refractivity contribution >= 4 is 5.91 Å². The standard InChI is InChI=1S/C25H44FN3O3/c26-24-8-7-17(16-27)13-23(24)18-9-11-28(12-10-18)25(30)21-5-1-3-19(14-21)20-4-2-6-22(15-20)29(31)32/h17-24,31-32H,1-16,27H2. The van der Waals surface area contributed by atoms with Crippen LogP contribution in [-0.2, 0) is 4.79 Å². The third-order valence-corrected chi connectivity index (χ3v) is 9.46. The number of hydroxylamine groups is 2. The molecule has 4 rings (SSSR count). The first kappa shape index (κ1) is 24.4. The quantitative estimate of drug-likeness (QED) is 0.538. The highest BCUT2D eigenvalue weighted by Crippen LogP contribution is 2.43. The Morgan fingerprint density at radius 2 is 1.56 bits per heavy atom. The third-order valence-electron chi connectivity index (χ3n) is 9.46. The Hall–Kier alpha value is -0.760. The second-order valence-electron chi connectivity index (χ2n) is 11.3. The van der Waals surface area contributed by atoms with Crippen molar-refractivity contribution in [3.05, 3.63) is 0 Å². The largest absolute Gasteiger partial charge is 0.342 e. The van der Waals surface area contributed by atoms with E-state index in [2.05, 4.69) is 4.90 Å². The van der Waals surface area contributed by atoms with Gasteiger partial charge in [0, 0.05) is 19.0 Å². The maximum atomic E-state index is 14.6. The Kier molecular flexibility index (Phi) is 8.46. The van der Waals surface area contributed by atoms with E-state index in [-0.39, 0.29) is 17.9 Å². The minimum absolute atomic E-state index is 0.107. The van der Waals surface area contributed by atoms with Crippen LogP contribution in [-0.4, -0.2) is 58.3 Å². The zero-order chi connectivity index (χ0) is 22.7. The number of amides is 1. The van der Waals surface area contributed by atoms with Crippen molar-refractivity contribution < 1.29 is 19.6 Å².